The summed E-state index contributed by atoms with van der Waals surface area (Å²) in [5, 5.41) is 20.0. The molecule has 148 valence electrons. The van der Waals surface area contributed by atoms with Crippen molar-refractivity contribution in [2.45, 2.75) is 19.4 Å². The first-order valence-corrected chi connectivity index (χ1v) is 9.73. The van der Waals surface area contributed by atoms with Gasteiger partial charge in [-0.2, -0.15) is 10.4 Å². The molecule has 0 fully saturated rings. The Morgan fingerprint density at radius 1 is 1.34 bits per heavy atom. The van der Waals surface area contributed by atoms with Crippen LogP contribution in [-0.2, 0) is 13.5 Å². The summed E-state index contributed by atoms with van der Waals surface area (Å²) in [6.07, 6.45) is 4.77. The second-order valence-corrected chi connectivity index (χ2v) is 7.26. The van der Waals surface area contributed by atoms with Crippen LogP contribution in [0.2, 0.25) is 0 Å². The zero-order valence-corrected chi connectivity index (χ0v) is 16.6. The van der Waals surface area contributed by atoms with Crippen molar-refractivity contribution >= 4 is 5.69 Å². The number of anilines is 1. The molecule has 3 aromatic rings. The number of fused-ring (bicyclic) bond motifs is 1. The molecule has 1 atom stereocenters. The second kappa shape index (κ2) is 8.33. The average molecular weight is 388 g/mol. The van der Waals surface area contributed by atoms with Crippen LogP contribution in [0.15, 0.2) is 42.7 Å². The number of pyridine rings is 1. The third-order valence-electron chi connectivity index (χ3n) is 5.04. The Labute approximate surface area is 170 Å². The molecular weight excluding hydrogens is 364 g/mol. The molecule has 4 rings (SSSR count). The van der Waals surface area contributed by atoms with Crippen LogP contribution in [-0.4, -0.2) is 40.5 Å². The topological polar surface area (TPSA) is 87.8 Å². The summed E-state index contributed by atoms with van der Waals surface area (Å²) < 4.78 is 7.89. The zero-order valence-electron chi connectivity index (χ0n) is 16.6. The van der Waals surface area contributed by atoms with E-state index in [2.05, 4.69) is 32.9 Å². The molecule has 2 aromatic heterocycles. The molecule has 0 radical (unpaired) electrons. The van der Waals surface area contributed by atoms with Crippen LogP contribution in [0.1, 0.15) is 16.8 Å². The zero-order chi connectivity index (χ0) is 20.2. The normalized spacial score (nSPS) is 15.1. The molecular formula is C22H24N6O. The molecule has 1 aliphatic rings. The standard InChI is InChI=1S/C22H24N6O/c1-15-20(18-11-26-28(2)14-18)9-21-22(27-15)29-19(13-25-21)12-24-8-7-16-3-5-17(10-23)6-4-16/h3-6,9,11,14,19,24-25H,7-8,12-13H2,1-2H3. The molecule has 7 heteroatoms. The maximum atomic E-state index is 8.86. The Hall–Kier alpha value is -3.37. The highest BCUT2D eigenvalue weighted by molar-refractivity contribution is 5.72. The summed E-state index contributed by atoms with van der Waals surface area (Å²) in [5.41, 5.74) is 5.86. The molecule has 0 saturated heterocycles. The number of aromatic nitrogens is 3. The molecule has 7 nitrogen and oxygen atoms in total. The molecule has 1 aliphatic heterocycles. The number of aryl methyl sites for hydroxylation is 2. The third-order valence-corrected chi connectivity index (χ3v) is 5.04. The van der Waals surface area contributed by atoms with E-state index >= 15 is 0 Å². The summed E-state index contributed by atoms with van der Waals surface area (Å²) in [7, 11) is 1.91. The van der Waals surface area contributed by atoms with Crippen LogP contribution in [0, 0.1) is 18.3 Å². The van der Waals surface area contributed by atoms with Crippen molar-refractivity contribution in [3.05, 3.63) is 59.5 Å². The minimum atomic E-state index is 0.0274. The lowest BCUT2D eigenvalue weighted by molar-refractivity contribution is 0.194. The Kier molecular flexibility index (Phi) is 5.45. The first kappa shape index (κ1) is 19.0. The van der Waals surface area contributed by atoms with Crippen molar-refractivity contribution in [2.75, 3.05) is 25.0 Å². The minimum Gasteiger partial charge on any atom is -0.470 e. The molecule has 0 saturated carbocycles. The van der Waals surface area contributed by atoms with Gasteiger partial charge in [0, 0.05) is 36.6 Å². The van der Waals surface area contributed by atoms with Crippen molar-refractivity contribution < 1.29 is 4.74 Å². The average Bonchev–Trinajstić information content (AvgIpc) is 3.17. The summed E-state index contributed by atoms with van der Waals surface area (Å²) in [4.78, 5) is 4.67. The van der Waals surface area contributed by atoms with E-state index in [0.29, 0.717) is 11.4 Å². The fourth-order valence-corrected chi connectivity index (χ4v) is 3.43. The van der Waals surface area contributed by atoms with E-state index in [1.165, 1.54) is 5.56 Å². The fourth-order valence-electron chi connectivity index (χ4n) is 3.43. The van der Waals surface area contributed by atoms with Crippen LogP contribution in [0.3, 0.4) is 0 Å². The summed E-state index contributed by atoms with van der Waals surface area (Å²) in [6, 6.07) is 11.9. The third kappa shape index (κ3) is 4.39. The number of hydrogen-bond acceptors (Lipinski definition) is 6. The Morgan fingerprint density at radius 2 is 2.17 bits per heavy atom. The second-order valence-electron chi connectivity index (χ2n) is 7.26. The van der Waals surface area contributed by atoms with Gasteiger partial charge in [-0.1, -0.05) is 12.1 Å². The van der Waals surface area contributed by atoms with Gasteiger partial charge in [-0.15, -0.1) is 0 Å². The maximum Gasteiger partial charge on any atom is 0.238 e. The van der Waals surface area contributed by atoms with Crippen molar-refractivity contribution in [1.29, 1.82) is 5.26 Å². The SMILES string of the molecule is Cc1nc2c(cc1-c1cnn(C)c1)NCC(CNCCc1ccc(C#N)cc1)O2. The lowest BCUT2D eigenvalue weighted by Crippen LogP contribution is -2.40. The highest BCUT2D eigenvalue weighted by Crippen LogP contribution is 2.33. The van der Waals surface area contributed by atoms with E-state index in [0.717, 1.165) is 48.6 Å². The van der Waals surface area contributed by atoms with Crippen LogP contribution in [0.25, 0.3) is 11.1 Å². The van der Waals surface area contributed by atoms with Crippen LogP contribution >= 0.6 is 0 Å². The largest absolute Gasteiger partial charge is 0.470 e. The van der Waals surface area contributed by atoms with Gasteiger partial charge >= 0.3 is 0 Å². The highest BCUT2D eigenvalue weighted by atomic mass is 16.5. The van der Waals surface area contributed by atoms with Crippen molar-refractivity contribution in [3.8, 4) is 23.1 Å². The van der Waals surface area contributed by atoms with Gasteiger partial charge in [0.05, 0.1) is 30.1 Å². The van der Waals surface area contributed by atoms with Gasteiger partial charge in [0.15, 0.2) is 0 Å². The van der Waals surface area contributed by atoms with Gasteiger partial charge in [-0.25, -0.2) is 4.98 Å². The fraction of sp³-hybridized carbons (Fsp3) is 0.318. The van der Waals surface area contributed by atoms with Crippen LogP contribution < -0.4 is 15.4 Å². The molecule has 2 N–H and O–H groups in total. The van der Waals surface area contributed by atoms with E-state index < -0.39 is 0 Å². The van der Waals surface area contributed by atoms with Crippen molar-refractivity contribution in [1.82, 2.24) is 20.1 Å². The summed E-state index contributed by atoms with van der Waals surface area (Å²) >= 11 is 0. The predicted octanol–water partition coefficient (Wildman–Crippen LogP) is 2.67. The lowest BCUT2D eigenvalue weighted by atomic mass is 10.1. The Balaban J connectivity index is 1.31. The van der Waals surface area contributed by atoms with Crippen molar-refractivity contribution in [3.63, 3.8) is 0 Å². The van der Waals surface area contributed by atoms with E-state index in [-0.39, 0.29) is 6.10 Å². The molecule has 3 heterocycles. The first-order chi connectivity index (χ1) is 14.1. The quantitative estimate of drug-likeness (QED) is 0.631. The Bertz CT molecular complexity index is 1030. The van der Waals surface area contributed by atoms with E-state index in [1.54, 1.807) is 4.68 Å². The number of benzene rings is 1. The number of nitrogens with zero attached hydrogens (tertiary/aromatic N) is 4. The smallest absolute Gasteiger partial charge is 0.238 e. The monoisotopic (exact) mass is 388 g/mol. The highest BCUT2D eigenvalue weighted by Gasteiger charge is 2.22. The van der Waals surface area contributed by atoms with Gasteiger partial charge in [-0.05, 0) is 43.7 Å². The predicted molar refractivity (Wildman–Crippen MR) is 112 cm³/mol. The molecule has 1 aromatic carbocycles. The van der Waals surface area contributed by atoms with Gasteiger partial charge in [0.1, 0.15) is 6.10 Å². The van der Waals surface area contributed by atoms with E-state index in [4.69, 9.17) is 10.00 Å². The lowest BCUT2D eigenvalue weighted by Gasteiger charge is -2.27. The molecule has 0 amide bonds. The van der Waals surface area contributed by atoms with Gasteiger partial charge in [0.2, 0.25) is 5.88 Å². The minimum absolute atomic E-state index is 0.0274. The van der Waals surface area contributed by atoms with Crippen molar-refractivity contribution in [2.24, 2.45) is 7.05 Å². The molecule has 0 aliphatic carbocycles. The molecule has 0 spiro atoms. The molecule has 0 bridgehead atoms. The Morgan fingerprint density at radius 3 is 2.90 bits per heavy atom. The van der Waals surface area contributed by atoms with Gasteiger partial charge in [0.25, 0.3) is 0 Å². The maximum absolute atomic E-state index is 8.86. The number of nitrogens with one attached hydrogen (secondary N) is 2. The van der Waals surface area contributed by atoms with E-state index in [9.17, 15) is 0 Å². The summed E-state index contributed by atoms with van der Waals surface area (Å²) in [6.45, 7) is 4.32. The summed E-state index contributed by atoms with van der Waals surface area (Å²) in [5.74, 6) is 0.653. The van der Waals surface area contributed by atoms with Crippen LogP contribution in [0.4, 0.5) is 5.69 Å². The van der Waals surface area contributed by atoms with Gasteiger partial charge in [-0.3, -0.25) is 4.68 Å². The number of nitriles is 1. The molecule has 29 heavy (non-hydrogen) atoms. The van der Waals surface area contributed by atoms with E-state index in [1.807, 2.05) is 50.6 Å². The number of rotatable bonds is 6. The first-order valence-electron chi connectivity index (χ1n) is 9.73. The number of hydrogen-bond donors (Lipinski definition) is 2. The van der Waals surface area contributed by atoms with Crippen LogP contribution in [0.5, 0.6) is 5.88 Å². The number of ether oxygens (including phenoxy) is 1. The molecule has 1 unspecified atom stereocenters. The van der Waals surface area contributed by atoms with Gasteiger partial charge < -0.3 is 15.4 Å².